The molecule has 1 rings (SSSR count). The molecule has 3 N–H and O–H groups in total. The van der Waals surface area contributed by atoms with Crippen LogP contribution in [0, 0.1) is 0 Å². The highest BCUT2D eigenvalue weighted by atomic mass is 35.5. The Kier molecular flexibility index (Phi) is 6.41. The van der Waals surface area contributed by atoms with Gasteiger partial charge in [0.25, 0.3) is 0 Å². The fourth-order valence-electron chi connectivity index (χ4n) is 1.62. The Labute approximate surface area is 96.8 Å². The summed E-state index contributed by atoms with van der Waals surface area (Å²) in [5.74, 6) is 6.20. The average molecular weight is 227 g/mol. The van der Waals surface area contributed by atoms with Gasteiger partial charge in [-0.15, -0.1) is 11.6 Å². The second kappa shape index (κ2) is 7.69. The Morgan fingerprint density at radius 3 is 2.53 bits per heavy atom. The molecule has 15 heavy (non-hydrogen) atoms. The van der Waals surface area contributed by atoms with Crippen molar-refractivity contribution in [2.45, 2.75) is 31.7 Å². The van der Waals surface area contributed by atoms with Gasteiger partial charge in [0.05, 0.1) is 0 Å². The third-order valence-corrected chi connectivity index (χ3v) is 2.81. The fourth-order valence-corrected chi connectivity index (χ4v) is 1.77. The number of hydrogen-bond donors (Lipinski definition) is 2. The topological polar surface area (TPSA) is 38.0 Å². The van der Waals surface area contributed by atoms with Crippen molar-refractivity contribution < 1.29 is 0 Å². The molecule has 0 saturated carbocycles. The summed E-state index contributed by atoms with van der Waals surface area (Å²) in [6, 6.07) is 10.8. The highest BCUT2D eigenvalue weighted by Crippen LogP contribution is 2.08. The van der Waals surface area contributed by atoms with Crippen molar-refractivity contribution in [1.82, 2.24) is 5.43 Å². The Bertz CT molecular complexity index is 251. The number of benzene rings is 1. The largest absolute Gasteiger partial charge is 0.271 e. The molecule has 0 saturated heterocycles. The summed E-state index contributed by atoms with van der Waals surface area (Å²) in [7, 11) is 0. The van der Waals surface area contributed by atoms with Crippen LogP contribution < -0.4 is 11.3 Å². The lowest BCUT2D eigenvalue weighted by Crippen LogP contribution is -2.35. The molecule has 0 amide bonds. The first kappa shape index (κ1) is 12.5. The number of alkyl halides is 1. The zero-order valence-electron chi connectivity index (χ0n) is 8.95. The van der Waals surface area contributed by atoms with Crippen LogP contribution in [-0.2, 0) is 6.42 Å². The number of nitrogens with one attached hydrogen (secondary N) is 1. The van der Waals surface area contributed by atoms with Crippen LogP contribution in [0.15, 0.2) is 30.3 Å². The fraction of sp³-hybridized carbons (Fsp3) is 0.500. The maximum Gasteiger partial charge on any atom is 0.0224 e. The minimum atomic E-state index is 0.379. The molecule has 0 bridgehead atoms. The molecule has 1 unspecified atom stereocenters. The van der Waals surface area contributed by atoms with E-state index in [1.54, 1.807) is 0 Å². The van der Waals surface area contributed by atoms with Gasteiger partial charge >= 0.3 is 0 Å². The van der Waals surface area contributed by atoms with E-state index in [2.05, 4.69) is 29.7 Å². The number of hydrogen-bond acceptors (Lipinski definition) is 2. The highest BCUT2D eigenvalue weighted by molar-refractivity contribution is 6.17. The van der Waals surface area contributed by atoms with E-state index in [-0.39, 0.29) is 0 Å². The molecule has 3 heteroatoms. The lowest BCUT2D eigenvalue weighted by Gasteiger charge is -2.14. The first-order valence-electron chi connectivity index (χ1n) is 5.43. The van der Waals surface area contributed by atoms with E-state index in [0.717, 1.165) is 25.7 Å². The van der Waals surface area contributed by atoms with Crippen molar-refractivity contribution >= 4 is 11.6 Å². The van der Waals surface area contributed by atoms with Crippen LogP contribution in [-0.4, -0.2) is 11.9 Å². The predicted octanol–water partition coefficient (Wildman–Crippen LogP) is 2.47. The lowest BCUT2D eigenvalue weighted by molar-refractivity contribution is 0.460. The van der Waals surface area contributed by atoms with Crippen molar-refractivity contribution in [1.29, 1.82) is 0 Å². The van der Waals surface area contributed by atoms with Gasteiger partial charge in [-0.05, 0) is 31.2 Å². The molecule has 0 radical (unpaired) electrons. The van der Waals surface area contributed by atoms with Gasteiger partial charge < -0.3 is 0 Å². The van der Waals surface area contributed by atoms with Gasteiger partial charge in [-0.1, -0.05) is 30.3 Å². The predicted molar refractivity (Wildman–Crippen MR) is 65.8 cm³/mol. The SMILES string of the molecule is NNC(CCCCl)CCc1ccccc1. The molecule has 0 aliphatic carbocycles. The molecule has 0 heterocycles. The summed E-state index contributed by atoms with van der Waals surface area (Å²) < 4.78 is 0. The van der Waals surface area contributed by atoms with Crippen LogP contribution >= 0.6 is 11.6 Å². The summed E-state index contributed by atoms with van der Waals surface area (Å²) in [6.07, 6.45) is 4.20. The number of aryl methyl sites for hydroxylation is 1. The Hall–Kier alpha value is -0.570. The van der Waals surface area contributed by atoms with E-state index in [1.807, 2.05) is 6.07 Å². The van der Waals surface area contributed by atoms with Crippen molar-refractivity contribution in [3.63, 3.8) is 0 Å². The molecule has 0 aliphatic rings. The summed E-state index contributed by atoms with van der Waals surface area (Å²) in [6.45, 7) is 0. The Balaban J connectivity index is 2.28. The minimum Gasteiger partial charge on any atom is -0.271 e. The van der Waals surface area contributed by atoms with Gasteiger partial charge in [0.15, 0.2) is 0 Å². The average Bonchev–Trinajstić information content (AvgIpc) is 2.31. The maximum atomic E-state index is 5.65. The molecule has 0 aliphatic heterocycles. The maximum absolute atomic E-state index is 5.65. The molecule has 1 atom stereocenters. The number of rotatable bonds is 7. The van der Waals surface area contributed by atoms with Crippen molar-refractivity contribution in [2.75, 3.05) is 5.88 Å². The van der Waals surface area contributed by atoms with Crippen molar-refractivity contribution in [2.24, 2.45) is 5.84 Å². The van der Waals surface area contributed by atoms with E-state index in [0.29, 0.717) is 11.9 Å². The smallest absolute Gasteiger partial charge is 0.0224 e. The molecule has 2 nitrogen and oxygen atoms in total. The van der Waals surface area contributed by atoms with Crippen LogP contribution in [0.4, 0.5) is 0 Å². The summed E-state index contributed by atoms with van der Waals surface area (Å²) in [5.41, 5.74) is 4.21. The Morgan fingerprint density at radius 2 is 1.93 bits per heavy atom. The van der Waals surface area contributed by atoms with Gasteiger partial charge in [-0.3, -0.25) is 11.3 Å². The monoisotopic (exact) mass is 226 g/mol. The zero-order valence-corrected chi connectivity index (χ0v) is 9.71. The third-order valence-electron chi connectivity index (χ3n) is 2.55. The zero-order chi connectivity index (χ0) is 10.9. The molecule has 1 aromatic rings. The molecule has 84 valence electrons. The van der Waals surface area contributed by atoms with Crippen LogP contribution in [0.3, 0.4) is 0 Å². The third kappa shape index (κ3) is 5.17. The molecule has 0 aromatic heterocycles. The normalized spacial score (nSPS) is 12.7. The van der Waals surface area contributed by atoms with Crippen molar-refractivity contribution in [3.8, 4) is 0 Å². The van der Waals surface area contributed by atoms with Gasteiger partial charge in [0.1, 0.15) is 0 Å². The highest BCUT2D eigenvalue weighted by Gasteiger charge is 2.05. The molecule has 1 aromatic carbocycles. The molecular weight excluding hydrogens is 208 g/mol. The second-order valence-electron chi connectivity index (χ2n) is 3.72. The number of nitrogens with two attached hydrogens (primary N) is 1. The van der Waals surface area contributed by atoms with Crippen molar-refractivity contribution in [3.05, 3.63) is 35.9 Å². The first-order chi connectivity index (χ1) is 7.36. The second-order valence-corrected chi connectivity index (χ2v) is 4.10. The van der Waals surface area contributed by atoms with Crippen LogP contribution in [0.1, 0.15) is 24.8 Å². The molecule has 0 spiro atoms. The molecule has 0 fully saturated rings. The van der Waals surface area contributed by atoms with Crippen LogP contribution in [0.5, 0.6) is 0 Å². The van der Waals surface area contributed by atoms with E-state index >= 15 is 0 Å². The first-order valence-corrected chi connectivity index (χ1v) is 5.96. The number of halogens is 1. The summed E-state index contributed by atoms with van der Waals surface area (Å²) in [4.78, 5) is 0. The molecular formula is C12H19ClN2. The van der Waals surface area contributed by atoms with Crippen LogP contribution in [0.25, 0.3) is 0 Å². The summed E-state index contributed by atoms with van der Waals surface area (Å²) >= 11 is 5.65. The standard InChI is InChI=1S/C12H19ClN2/c13-10-4-7-12(15-14)9-8-11-5-2-1-3-6-11/h1-3,5-6,12,15H,4,7-10,14H2. The van der Waals surface area contributed by atoms with E-state index < -0.39 is 0 Å². The lowest BCUT2D eigenvalue weighted by atomic mass is 10.0. The summed E-state index contributed by atoms with van der Waals surface area (Å²) in [5, 5.41) is 0. The Morgan fingerprint density at radius 1 is 1.20 bits per heavy atom. The van der Waals surface area contributed by atoms with Gasteiger partial charge in [0.2, 0.25) is 0 Å². The quantitative estimate of drug-likeness (QED) is 0.426. The van der Waals surface area contributed by atoms with E-state index in [4.69, 9.17) is 17.4 Å². The van der Waals surface area contributed by atoms with Gasteiger partial charge in [0, 0.05) is 11.9 Å². The van der Waals surface area contributed by atoms with E-state index in [9.17, 15) is 0 Å². The minimum absolute atomic E-state index is 0.379. The van der Waals surface area contributed by atoms with Crippen LogP contribution in [0.2, 0.25) is 0 Å². The number of hydrazine groups is 1. The van der Waals surface area contributed by atoms with E-state index in [1.165, 1.54) is 5.56 Å². The van der Waals surface area contributed by atoms with Gasteiger partial charge in [-0.25, -0.2) is 0 Å². The van der Waals surface area contributed by atoms with Gasteiger partial charge in [-0.2, -0.15) is 0 Å².